The van der Waals surface area contributed by atoms with E-state index in [9.17, 15) is 5.11 Å². The molecule has 4 rings (SSSR count). The van der Waals surface area contributed by atoms with Crippen LogP contribution < -0.4 is 0 Å². The van der Waals surface area contributed by atoms with E-state index >= 15 is 0 Å². The van der Waals surface area contributed by atoms with Crippen LogP contribution in [-0.4, -0.2) is 11.2 Å². The summed E-state index contributed by atoms with van der Waals surface area (Å²) in [6.45, 7) is 4.64. The van der Waals surface area contributed by atoms with Gasteiger partial charge in [-0.2, -0.15) is 0 Å². The van der Waals surface area contributed by atoms with Gasteiger partial charge in [-0.05, 0) is 69.1 Å². The van der Waals surface area contributed by atoms with Crippen LogP contribution in [0.25, 0.3) is 0 Å². The molecule has 0 aromatic rings. The number of allylic oxidation sites excluding steroid dienone is 3. The van der Waals surface area contributed by atoms with E-state index in [-0.39, 0.29) is 6.10 Å². The maximum atomic E-state index is 9.99. The predicted molar refractivity (Wildman–Crippen MR) is 94.7 cm³/mol. The number of aliphatic hydroxyl groups is 1. The quantitative estimate of drug-likeness (QED) is 0.492. The molecule has 0 aromatic carbocycles. The van der Waals surface area contributed by atoms with Crippen LogP contribution in [0.2, 0.25) is 0 Å². The summed E-state index contributed by atoms with van der Waals surface area (Å²) in [5.74, 6) is 9.30. The third-order valence-corrected chi connectivity index (χ3v) is 7.33. The van der Waals surface area contributed by atoms with E-state index < -0.39 is 0 Å². The Hall–Kier alpha value is -1.00. The molecule has 23 heavy (non-hydrogen) atoms. The van der Waals surface area contributed by atoms with E-state index in [0.717, 1.165) is 43.4 Å². The fraction of sp³-hybridized carbons (Fsp3) is 0.727. The third kappa shape index (κ3) is 2.42. The third-order valence-electron chi connectivity index (χ3n) is 7.33. The monoisotopic (exact) mass is 310 g/mol. The zero-order valence-electron chi connectivity index (χ0n) is 14.7. The minimum atomic E-state index is -0.0665. The van der Waals surface area contributed by atoms with E-state index in [1.54, 1.807) is 11.1 Å². The van der Waals surface area contributed by atoms with Crippen LogP contribution in [0, 0.1) is 35.0 Å². The maximum Gasteiger partial charge on any atom is 0.0580 e. The molecule has 1 heteroatoms. The fourth-order valence-corrected chi connectivity index (χ4v) is 6.14. The van der Waals surface area contributed by atoms with Crippen LogP contribution in [0.4, 0.5) is 0 Å². The molecule has 1 saturated carbocycles. The lowest BCUT2D eigenvalue weighted by Crippen LogP contribution is -2.43. The number of rotatable bonds is 0. The van der Waals surface area contributed by atoms with Crippen molar-refractivity contribution >= 4 is 0 Å². The second kappa shape index (κ2) is 5.82. The van der Waals surface area contributed by atoms with Gasteiger partial charge in [-0.25, -0.2) is 0 Å². The summed E-state index contributed by atoms with van der Waals surface area (Å²) in [6.07, 6.45) is 13.0. The summed E-state index contributed by atoms with van der Waals surface area (Å²) < 4.78 is 0. The summed E-state index contributed by atoms with van der Waals surface area (Å²) in [4.78, 5) is 0. The second-order valence-electron chi connectivity index (χ2n) is 8.41. The Kier molecular flexibility index (Phi) is 3.93. The first-order valence-electron chi connectivity index (χ1n) is 9.72. The van der Waals surface area contributed by atoms with Gasteiger partial charge in [0, 0.05) is 17.4 Å². The maximum absolute atomic E-state index is 9.99. The Morgan fingerprint density at radius 1 is 1.26 bits per heavy atom. The Balaban J connectivity index is 1.60. The highest BCUT2D eigenvalue weighted by atomic mass is 16.3. The Labute approximate surface area is 141 Å². The van der Waals surface area contributed by atoms with Gasteiger partial charge in [-0.3, -0.25) is 0 Å². The van der Waals surface area contributed by atoms with Crippen LogP contribution in [0.5, 0.6) is 0 Å². The summed E-state index contributed by atoms with van der Waals surface area (Å²) in [6, 6.07) is 0. The molecule has 4 aliphatic rings. The molecule has 0 spiro atoms. The fourth-order valence-electron chi connectivity index (χ4n) is 6.14. The highest BCUT2D eigenvalue weighted by Crippen LogP contribution is 2.61. The molecule has 0 radical (unpaired) electrons. The average molecular weight is 310 g/mol. The lowest BCUT2D eigenvalue weighted by atomic mass is 9.53. The largest absolute Gasteiger partial charge is 0.393 e. The van der Waals surface area contributed by atoms with Gasteiger partial charge in [0.25, 0.3) is 0 Å². The van der Waals surface area contributed by atoms with E-state index in [1.807, 2.05) is 0 Å². The van der Waals surface area contributed by atoms with Gasteiger partial charge in [0.1, 0.15) is 0 Å². The van der Waals surface area contributed by atoms with Crippen LogP contribution in [0.15, 0.2) is 22.8 Å². The minimum Gasteiger partial charge on any atom is -0.393 e. The van der Waals surface area contributed by atoms with E-state index in [4.69, 9.17) is 0 Å². The van der Waals surface area contributed by atoms with Crippen LogP contribution in [0.1, 0.15) is 71.6 Å². The molecule has 5 atom stereocenters. The Bertz CT molecular complexity index is 614. The molecule has 4 unspecified atom stereocenters. The second-order valence-corrected chi connectivity index (χ2v) is 8.41. The lowest BCUT2D eigenvalue weighted by Gasteiger charge is -2.51. The summed E-state index contributed by atoms with van der Waals surface area (Å²) in [7, 11) is 0. The molecule has 0 amide bonds. The average Bonchev–Trinajstić information content (AvgIpc) is 2.89. The zero-order valence-corrected chi connectivity index (χ0v) is 14.7. The zero-order chi connectivity index (χ0) is 16.0. The number of aliphatic hydroxyl groups excluding tert-OH is 1. The normalized spacial score (nSPS) is 42.1. The van der Waals surface area contributed by atoms with E-state index in [2.05, 4.69) is 31.8 Å². The van der Waals surface area contributed by atoms with Crippen molar-refractivity contribution in [2.75, 3.05) is 0 Å². The van der Waals surface area contributed by atoms with Gasteiger partial charge >= 0.3 is 0 Å². The SMILES string of the molecule is CCC#CC1=CCC2C3CCC4=C(CCC(O)C4)C3CC[C@]12C. The van der Waals surface area contributed by atoms with Crippen molar-refractivity contribution < 1.29 is 5.11 Å². The van der Waals surface area contributed by atoms with Gasteiger partial charge in [0.2, 0.25) is 0 Å². The van der Waals surface area contributed by atoms with Crippen LogP contribution in [0.3, 0.4) is 0 Å². The van der Waals surface area contributed by atoms with Gasteiger partial charge in [0.05, 0.1) is 6.10 Å². The highest BCUT2D eigenvalue weighted by molar-refractivity contribution is 5.41. The number of hydrogen-bond acceptors (Lipinski definition) is 1. The van der Waals surface area contributed by atoms with Crippen LogP contribution >= 0.6 is 0 Å². The molecule has 0 heterocycles. The van der Waals surface area contributed by atoms with Gasteiger partial charge in [-0.15, -0.1) is 0 Å². The molecule has 124 valence electrons. The summed E-state index contributed by atoms with van der Waals surface area (Å²) in [5, 5.41) is 9.99. The molecule has 1 N–H and O–H groups in total. The molecular formula is C22H30O. The van der Waals surface area contributed by atoms with Crippen molar-refractivity contribution in [2.24, 2.45) is 23.2 Å². The van der Waals surface area contributed by atoms with Crippen molar-refractivity contribution in [3.8, 4) is 11.8 Å². The standard InChI is InChI=1S/C22H30O/c1-3-4-5-16-7-11-21-20-9-6-15-14-17(23)8-10-18(15)19(20)12-13-22(16,21)2/h7,17,19-21,23H,3,6,8-14H2,1-2H3/t17?,19?,20?,21?,22-/m1/s1. The summed E-state index contributed by atoms with van der Waals surface area (Å²) >= 11 is 0. The van der Waals surface area contributed by atoms with Gasteiger partial charge in [-0.1, -0.05) is 42.9 Å². The van der Waals surface area contributed by atoms with Crippen LogP contribution in [-0.2, 0) is 0 Å². The minimum absolute atomic E-state index is 0.0665. The predicted octanol–water partition coefficient (Wildman–Crippen LogP) is 5.01. The topological polar surface area (TPSA) is 20.2 Å². The van der Waals surface area contributed by atoms with Crippen molar-refractivity contribution in [2.45, 2.75) is 77.7 Å². The molecule has 1 nitrogen and oxygen atoms in total. The Morgan fingerprint density at radius 3 is 2.96 bits per heavy atom. The number of fused-ring (bicyclic) bond motifs is 4. The molecular weight excluding hydrogens is 280 g/mol. The lowest BCUT2D eigenvalue weighted by molar-refractivity contribution is 0.0518. The highest BCUT2D eigenvalue weighted by Gasteiger charge is 2.52. The van der Waals surface area contributed by atoms with Crippen molar-refractivity contribution in [1.29, 1.82) is 0 Å². The van der Waals surface area contributed by atoms with Crippen molar-refractivity contribution in [3.63, 3.8) is 0 Å². The molecule has 0 bridgehead atoms. The molecule has 0 aliphatic heterocycles. The smallest absolute Gasteiger partial charge is 0.0580 e. The van der Waals surface area contributed by atoms with Gasteiger partial charge < -0.3 is 5.11 Å². The molecule has 1 fully saturated rings. The Morgan fingerprint density at radius 2 is 2.13 bits per heavy atom. The summed E-state index contributed by atoms with van der Waals surface area (Å²) in [5.41, 5.74) is 5.18. The first-order valence-corrected chi connectivity index (χ1v) is 9.72. The van der Waals surface area contributed by atoms with Crippen molar-refractivity contribution in [1.82, 2.24) is 0 Å². The molecule has 0 aromatic heterocycles. The first-order chi connectivity index (χ1) is 11.1. The first kappa shape index (κ1) is 15.5. The number of hydrogen-bond donors (Lipinski definition) is 1. The van der Waals surface area contributed by atoms with Gasteiger partial charge in [0.15, 0.2) is 0 Å². The van der Waals surface area contributed by atoms with Crippen molar-refractivity contribution in [3.05, 3.63) is 22.8 Å². The molecule has 0 saturated heterocycles. The molecule has 4 aliphatic carbocycles. The van der Waals surface area contributed by atoms with E-state index in [0.29, 0.717) is 5.41 Å². The van der Waals surface area contributed by atoms with E-state index in [1.165, 1.54) is 37.7 Å².